The lowest BCUT2D eigenvalue weighted by Crippen LogP contribution is -2.43. The predicted octanol–water partition coefficient (Wildman–Crippen LogP) is 0.572. The van der Waals surface area contributed by atoms with E-state index in [1.807, 2.05) is 0 Å². The number of carbonyl (C=O) groups excluding carboxylic acids is 1. The van der Waals surface area contributed by atoms with E-state index in [-0.39, 0.29) is 11.4 Å². The number of amidine groups is 1. The van der Waals surface area contributed by atoms with E-state index in [0.29, 0.717) is 12.4 Å². The number of ether oxygens (including phenoxy) is 1. The van der Waals surface area contributed by atoms with Crippen LogP contribution in [0.25, 0.3) is 0 Å². The summed E-state index contributed by atoms with van der Waals surface area (Å²) in [7, 11) is 2.08. The van der Waals surface area contributed by atoms with Crippen molar-refractivity contribution >= 4 is 11.8 Å². The van der Waals surface area contributed by atoms with Crippen molar-refractivity contribution in [3.05, 3.63) is 24.0 Å². The van der Waals surface area contributed by atoms with Gasteiger partial charge in [-0.05, 0) is 20.9 Å². The molecule has 0 amide bonds. The zero-order valence-electron chi connectivity index (χ0n) is 12.6. The molecule has 1 fully saturated rings. The number of rotatable bonds is 5. The number of carbonyl (C=O) groups is 1. The Bertz CT molecular complexity index is 421. The molecule has 112 valence electrons. The summed E-state index contributed by atoms with van der Waals surface area (Å²) < 4.78 is 4.94. The highest BCUT2D eigenvalue weighted by atomic mass is 16.5. The first-order valence-corrected chi connectivity index (χ1v) is 6.80. The molecule has 0 atom stereocenters. The van der Waals surface area contributed by atoms with Crippen LogP contribution in [-0.2, 0) is 9.53 Å². The minimum Gasteiger partial charge on any atom is -0.462 e. The molecule has 2 N–H and O–H groups in total. The van der Waals surface area contributed by atoms with Crippen LogP contribution in [0, 0.1) is 0 Å². The van der Waals surface area contributed by atoms with E-state index in [2.05, 4.69) is 28.4 Å². The van der Waals surface area contributed by atoms with Crippen LogP contribution in [0.5, 0.6) is 0 Å². The van der Waals surface area contributed by atoms with Crippen molar-refractivity contribution in [1.82, 2.24) is 9.80 Å². The zero-order chi connectivity index (χ0) is 15.1. The molecular weight excluding hydrogens is 256 g/mol. The van der Waals surface area contributed by atoms with E-state index in [9.17, 15) is 4.79 Å². The van der Waals surface area contributed by atoms with Gasteiger partial charge in [0.25, 0.3) is 0 Å². The third-order valence-electron chi connectivity index (χ3n) is 3.18. The van der Waals surface area contributed by atoms with Gasteiger partial charge in [-0.25, -0.2) is 9.79 Å². The molecule has 1 rings (SSSR count). The second kappa shape index (κ2) is 7.69. The Hall–Kier alpha value is -1.82. The van der Waals surface area contributed by atoms with E-state index < -0.39 is 5.97 Å². The molecule has 1 aliphatic rings. The molecule has 6 nitrogen and oxygen atoms in total. The van der Waals surface area contributed by atoms with E-state index in [1.165, 1.54) is 0 Å². The van der Waals surface area contributed by atoms with Crippen molar-refractivity contribution in [2.24, 2.45) is 10.7 Å². The largest absolute Gasteiger partial charge is 0.462 e. The Kier molecular flexibility index (Phi) is 6.24. The molecule has 20 heavy (non-hydrogen) atoms. The van der Waals surface area contributed by atoms with Crippen LogP contribution in [0.3, 0.4) is 0 Å². The van der Waals surface area contributed by atoms with Crippen LogP contribution in [0.15, 0.2) is 29.0 Å². The van der Waals surface area contributed by atoms with Gasteiger partial charge in [-0.15, -0.1) is 0 Å². The molecule has 0 aromatic carbocycles. The van der Waals surface area contributed by atoms with Crippen LogP contribution < -0.4 is 5.73 Å². The Morgan fingerprint density at radius 1 is 1.40 bits per heavy atom. The third-order valence-corrected chi connectivity index (χ3v) is 3.18. The van der Waals surface area contributed by atoms with Crippen molar-refractivity contribution in [2.45, 2.75) is 13.8 Å². The van der Waals surface area contributed by atoms with Crippen molar-refractivity contribution in [3.63, 3.8) is 0 Å². The van der Waals surface area contributed by atoms with Crippen molar-refractivity contribution < 1.29 is 9.53 Å². The summed E-state index contributed by atoms with van der Waals surface area (Å²) in [5.41, 5.74) is 6.16. The lowest BCUT2D eigenvalue weighted by atomic mass is 10.2. The number of hydrogen-bond donors (Lipinski definition) is 1. The fraction of sp³-hybridized carbons (Fsp3) is 0.571. The van der Waals surface area contributed by atoms with Gasteiger partial charge < -0.3 is 20.3 Å². The number of aliphatic imine (C=N–C) groups is 1. The summed E-state index contributed by atoms with van der Waals surface area (Å²) in [5, 5.41) is 0. The number of nitrogens with two attached hydrogens (primary N) is 1. The van der Waals surface area contributed by atoms with E-state index in [4.69, 9.17) is 10.5 Å². The first-order chi connectivity index (χ1) is 9.49. The van der Waals surface area contributed by atoms with Gasteiger partial charge in [0.05, 0.1) is 12.2 Å². The molecule has 0 aliphatic carbocycles. The standard InChI is InChI=1S/C14H24N4O2/c1-5-12(14(19)20-6-2)13(15)16-11(3)18-9-7-17(4)8-10-18/h5H,3,6-10H2,1-2,4H3,(H2,15,16)/b12-5+. The Balaban J connectivity index is 2.71. The Morgan fingerprint density at radius 3 is 2.50 bits per heavy atom. The van der Waals surface area contributed by atoms with E-state index >= 15 is 0 Å². The van der Waals surface area contributed by atoms with Crippen molar-refractivity contribution in [2.75, 3.05) is 39.8 Å². The lowest BCUT2D eigenvalue weighted by Gasteiger charge is -2.33. The average molecular weight is 280 g/mol. The maximum Gasteiger partial charge on any atom is 0.341 e. The molecule has 1 aliphatic heterocycles. The SMILES string of the molecule is C=C(/N=C(N)\C(=C/C)C(=O)OCC)N1CCN(C)CC1. The maximum absolute atomic E-state index is 11.7. The van der Waals surface area contributed by atoms with Gasteiger partial charge in [-0.1, -0.05) is 12.7 Å². The first kappa shape index (κ1) is 16.2. The fourth-order valence-corrected chi connectivity index (χ4v) is 1.91. The van der Waals surface area contributed by atoms with Crippen molar-refractivity contribution in [1.29, 1.82) is 0 Å². The molecule has 0 unspecified atom stereocenters. The molecule has 1 saturated heterocycles. The molecule has 0 bridgehead atoms. The normalized spacial score (nSPS) is 18.1. The smallest absolute Gasteiger partial charge is 0.341 e. The highest BCUT2D eigenvalue weighted by molar-refractivity contribution is 6.18. The van der Waals surface area contributed by atoms with Crippen molar-refractivity contribution in [3.8, 4) is 0 Å². The summed E-state index contributed by atoms with van der Waals surface area (Å²) in [6, 6.07) is 0. The fourth-order valence-electron chi connectivity index (χ4n) is 1.91. The summed E-state index contributed by atoms with van der Waals surface area (Å²) in [5.74, 6) is 0.275. The van der Waals surface area contributed by atoms with Crippen LogP contribution in [-0.4, -0.2) is 61.4 Å². The number of piperazine rings is 1. The summed E-state index contributed by atoms with van der Waals surface area (Å²) in [6.45, 7) is 11.4. The van der Waals surface area contributed by atoms with Gasteiger partial charge in [0.2, 0.25) is 0 Å². The van der Waals surface area contributed by atoms with Crippen LogP contribution in [0.2, 0.25) is 0 Å². The highest BCUT2D eigenvalue weighted by Crippen LogP contribution is 2.09. The summed E-state index contributed by atoms with van der Waals surface area (Å²) in [4.78, 5) is 20.3. The Labute approximate surface area is 120 Å². The molecule has 1 heterocycles. The lowest BCUT2D eigenvalue weighted by molar-refractivity contribution is -0.137. The number of allylic oxidation sites excluding steroid dienone is 1. The quantitative estimate of drug-likeness (QED) is 0.345. The van der Waals surface area contributed by atoms with Crippen LogP contribution in [0.1, 0.15) is 13.8 Å². The predicted molar refractivity (Wildman–Crippen MR) is 80.2 cm³/mol. The second-order valence-electron chi connectivity index (χ2n) is 4.63. The van der Waals surface area contributed by atoms with Gasteiger partial charge >= 0.3 is 5.97 Å². The average Bonchev–Trinajstić information content (AvgIpc) is 2.40. The second-order valence-corrected chi connectivity index (χ2v) is 4.63. The molecule has 0 aromatic heterocycles. The van der Waals surface area contributed by atoms with Gasteiger partial charge in [0.15, 0.2) is 0 Å². The number of likely N-dealkylation sites (N-methyl/N-ethyl adjacent to an activating group) is 1. The topological polar surface area (TPSA) is 71.2 Å². The van der Waals surface area contributed by atoms with Crippen LogP contribution >= 0.6 is 0 Å². The third kappa shape index (κ3) is 4.38. The van der Waals surface area contributed by atoms with Gasteiger partial charge in [-0.3, -0.25) is 0 Å². The number of esters is 1. The molecular formula is C14H24N4O2. The van der Waals surface area contributed by atoms with Gasteiger partial charge in [-0.2, -0.15) is 0 Å². The van der Waals surface area contributed by atoms with Gasteiger partial charge in [0.1, 0.15) is 11.7 Å². The molecule has 0 spiro atoms. The van der Waals surface area contributed by atoms with Crippen LogP contribution in [0.4, 0.5) is 0 Å². The minimum atomic E-state index is -0.456. The zero-order valence-corrected chi connectivity index (χ0v) is 12.6. The highest BCUT2D eigenvalue weighted by Gasteiger charge is 2.17. The first-order valence-electron chi connectivity index (χ1n) is 6.80. The molecule has 6 heteroatoms. The number of hydrogen-bond acceptors (Lipinski definition) is 5. The summed E-state index contributed by atoms with van der Waals surface area (Å²) >= 11 is 0. The maximum atomic E-state index is 11.7. The van der Waals surface area contributed by atoms with E-state index in [1.54, 1.807) is 19.9 Å². The Morgan fingerprint density at radius 2 is 2.00 bits per heavy atom. The summed E-state index contributed by atoms with van der Waals surface area (Å²) in [6.07, 6.45) is 1.61. The van der Waals surface area contributed by atoms with E-state index in [0.717, 1.165) is 26.2 Å². The minimum absolute atomic E-state index is 0.148. The molecule has 0 radical (unpaired) electrons. The molecule has 0 aromatic rings. The monoisotopic (exact) mass is 280 g/mol. The molecule has 0 saturated carbocycles. The number of nitrogens with zero attached hydrogens (tertiary/aromatic N) is 3. The van der Waals surface area contributed by atoms with Gasteiger partial charge in [0, 0.05) is 26.2 Å².